The highest BCUT2D eigenvalue weighted by Gasteiger charge is 2.45. The third-order valence-electron chi connectivity index (χ3n) is 5.12. The number of hydrogen-bond donors (Lipinski definition) is 1. The molecule has 1 aliphatic heterocycles. The summed E-state index contributed by atoms with van der Waals surface area (Å²) in [4.78, 5) is 31.4. The fourth-order valence-corrected chi connectivity index (χ4v) is 3.61. The van der Waals surface area contributed by atoms with Gasteiger partial charge in [-0.2, -0.15) is 0 Å². The van der Waals surface area contributed by atoms with Crippen molar-refractivity contribution in [1.82, 2.24) is 9.88 Å². The van der Waals surface area contributed by atoms with Crippen molar-refractivity contribution in [3.8, 4) is 5.75 Å². The van der Waals surface area contributed by atoms with Gasteiger partial charge in [0.2, 0.25) is 0 Å². The highest BCUT2D eigenvalue weighted by Crippen LogP contribution is 2.40. The zero-order valence-electron chi connectivity index (χ0n) is 16.4. The average molecular weight is 400 g/mol. The largest absolute Gasteiger partial charge is 0.507 e. The third kappa shape index (κ3) is 3.55. The minimum Gasteiger partial charge on any atom is -0.507 e. The molecule has 2 heterocycles. The molecule has 30 heavy (non-hydrogen) atoms. The van der Waals surface area contributed by atoms with E-state index in [2.05, 4.69) is 4.98 Å². The Labute approximate surface area is 174 Å². The second-order valence-corrected chi connectivity index (χ2v) is 6.92. The molecule has 1 amide bonds. The van der Waals surface area contributed by atoms with E-state index in [1.807, 2.05) is 30.3 Å². The van der Waals surface area contributed by atoms with Crippen LogP contribution >= 0.6 is 0 Å². The second-order valence-electron chi connectivity index (χ2n) is 6.92. The number of rotatable bonds is 5. The van der Waals surface area contributed by atoms with Crippen molar-refractivity contribution in [2.75, 3.05) is 7.11 Å². The van der Waals surface area contributed by atoms with Crippen molar-refractivity contribution < 1.29 is 19.4 Å². The van der Waals surface area contributed by atoms with E-state index >= 15 is 0 Å². The number of ketones is 1. The number of pyridine rings is 1. The van der Waals surface area contributed by atoms with Gasteiger partial charge in [0.25, 0.3) is 11.7 Å². The number of benzene rings is 2. The normalized spacial score (nSPS) is 17.9. The number of aliphatic hydroxyl groups is 1. The standard InChI is InChI=1S/C24H20N2O4/c1-30-19-9-7-18(8-10-19)22(27)20-21(17-5-3-2-4-6-17)26(24(29)23(20)28)15-16-11-13-25-14-12-16/h2-14,21,27H,15H2,1H3/t21-/m1/s1. The molecule has 1 N–H and O–H groups in total. The van der Waals surface area contributed by atoms with Crippen LogP contribution in [0.5, 0.6) is 5.75 Å². The van der Waals surface area contributed by atoms with Crippen molar-refractivity contribution in [1.29, 1.82) is 0 Å². The lowest BCUT2D eigenvalue weighted by Crippen LogP contribution is -2.29. The molecule has 0 bridgehead atoms. The summed E-state index contributed by atoms with van der Waals surface area (Å²) in [6, 6.07) is 18.8. The summed E-state index contributed by atoms with van der Waals surface area (Å²) in [5.41, 5.74) is 2.11. The number of amides is 1. The Balaban J connectivity index is 1.83. The fourth-order valence-electron chi connectivity index (χ4n) is 3.61. The van der Waals surface area contributed by atoms with Crippen LogP contribution in [0.3, 0.4) is 0 Å². The number of carbonyl (C=O) groups excluding carboxylic acids is 2. The van der Waals surface area contributed by atoms with Crippen LogP contribution in [0.15, 0.2) is 84.7 Å². The first-order chi connectivity index (χ1) is 14.6. The van der Waals surface area contributed by atoms with Gasteiger partial charge in [-0.1, -0.05) is 30.3 Å². The Bertz CT molecular complexity index is 1090. The molecule has 0 aliphatic carbocycles. The van der Waals surface area contributed by atoms with E-state index < -0.39 is 17.7 Å². The zero-order valence-corrected chi connectivity index (χ0v) is 16.4. The van der Waals surface area contributed by atoms with Crippen LogP contribution < -0.4 is 4.74 Å². The van der Waals surface area contributed by atoms with Crippen LogP contribution in [-0.4, -0.2) is 33.8 Å². The highest BCUT2D eigenvalue weighted by molar-refractivity contribution is 6.46. The Kier molecular flexibility index (Phi) is 5.30. The minimum atomic E-state index is -0.703. The lowest BCUT2D eigenvalue weighted by molar-refractivity contribution is -0.140. The number of Topliss-reactive ketones (excluding diaryl/α,β-unsaturated/α-hetero) is 1. The molecule has 150 valence electrons. The van der Waals surface area contributed by atoms with Gasteiger partial charge >= 0.3 is 0 Å². The lowest BCUT2D eigenvalue weighted by atomic mass is 9.95. The number of ether oxygens (including phenoxy) is 1. The van der Waals surface area contributed by atoms with Gasteiger partial charge in [-0.15, -0.1) is 0 Å². The molecule has 6 nitrogen and oxygen atoms in total. The molecule has 0 saturated carbocycles. The summed E-state index contributed by atoms with van der Waals surface area (Å²) in [5, 5.41) is 11.0. The van der Waals surface area contributed by atoms with Gasteiger partial charge < -0.3 is 14.7 Å². The van der Waals surface area contributed by atoms with Crippen LogP contribution in [-0.2, 0) is 16.1 Å². The number of aliphatic hydroxyl groups excluding tert-OH is 1. The average Bonchev–Trinajstić information content (AvgIpc) is 3.05. The molecular formula is C24H20N2O4. The molecule has 0 unspecified atom stereocenters. The van der Waals surface area contributed by atoms with Crippen molar-refractivity contribution in [3.05, 3.63) is 101 Å². The van der Waals surface area contributed by atoms with Crippen LogP contribution in [0, 0.1) is 0 Å². The van der Waals surface area contributed by atoms with Gasteiger partial charge in [-0.05, 0) is 47.5 Å². The van der Waals surface area contributed by atoms with Crippen LogP contribution in [0.2, 0.25) is 0 Å². The number of likely N-dealkylation sites (tertiary alicyclic amines) is 1. The van der Waals surface area contributed by atoms with Crippen LogP contribution in [0.4, 0.5) is 0 Å². The summed E-state index contributed by atoms with van der Waals surface area (Å²) < 4.78 is 5.15. The Morgan fingerprint density at radius 3 is 2.30 bits per heavy atom. The molecule has 2 aromatic carbocycles. The first-order valence-electron chi connectivity index (χ1n) is 9.47. The van der Waals surface area contributed by atoms with E-state index in [1.54, 1.807) is 55.9 Å². The zero-order chi connectivity index (χ0) is 21.1. The first kappa shape index (κ1) is 19.4. The monoisotopic (exact) mass is 400 g/mol. The smallest absolute Gasteiger partial charge is 0.295 e. The number of hydrogen-bond acceptors (Lipinski definition) is 5. The van der Waals surface area contributed by atoms with E-state index in [0.717, 1.165) is 11.1 Å². The predicted molar refractivity (Wildman–Crippen MR) is 112 cm³/mol. The van der Waals surface area contributed by atoms with E-state index in [-0.39, 0.29) is 17.9 Å². The molecular weight excluding hydrogens is 380 g/mol. The van der Waals surface area contributed by atoms with Crippen molar-refractivity contribution in [2.45, 2.75) is 12.6 Å². The van der Waals surface area contributed by atoms with Crippen LogP contribution in [0.1, 0.15) is 22.7 Å². The van der Waals surface area contributed by atoms with Crippen molar-refractivity contribution in [2.24, 2.45) is 0 Å². The van der Waals surface area contributed by atoms with Crippen molar-refractivity contribution in [3.63, 3.8) is 0 Å². The summed E-state index contributed by atoms with van der Waals surface area (Å²) in [6.07, 6.45) is 3.28. The molecule has 1 atom stereocenters. The van der Waals surface area contributed by atoms with E-state index in [4.69, 9.17) is 4.74 Å². The van der Waals surface area contributed by atoms with Gasteiger partial charge in [0, 0.05) is 24.5 Å². The molecule has 1 fully saturated rings. The predicted octanol–water partition coefficient (Wildman–Crippen LogP) is 3.71. The third-order valence-corrected chi connectivity index (χ3v) is 5.12. The first-order valence-corrected chi connectivity index (χ1v) is 9.47. The number of aromatic nitrogens is 1. The summed E-state index contributed by atoms with van der Waals surface area (Å²) in [5.74, 6) is -0.923. The van der Waals surface area contributed by atoms with E-state index in [0.29, 0.717) is 11.3 Å². The summed E-state index contributed by atoms with van der Waals surface area (Å²) in [7, 11) is 1.55. The topological polar surface area (TPSA) is 79.7 Å². The Morgan fingerprint density at radius 2 is 1.67 bits per heavy atom. The maximum Gasteiger partial charge on any atom is 0.295 e. The maximum absolute atomic E-state index is 13.0. The van der Waals surface area contributed by atoms with E-state index in [1.165, 1.54) is 4.90 Å². The number of nitrogens with zero attached hydrogens (tertiary/aromatic N) is 2. The van der Waals surface area contributed by atoms with Gasteiger partial charge in [-0.3, -0.25) is 14.6 Å². The van der Waals surface area contributed by atoms with E-state index in [9.17, 15) is 14.7 Å². The van der Waals surface area contributed by atoms with Crippen LogP contribution in [0.25, 0.3) is 5.76 Å². The van der Waals surface area contributed by atoms with Gasteiger partial charge in [0.1, 0.15) is 11.5 Å². The highest BCUT2D eigenvalue weighted by atomic mass is 16.5. The number of methoxy groups -OCH3 is 1. The SMILES string of the molecule is COc1ccc(C(O)=C2C(=O)C(=O)N(Cc3ccncc3)[C@@H]2c2ccccc2)cc1. The van der Waals surface area contributed by atoms with Gasteiger partial charge in [0.05, 0.1) is 18.7 Å². The maximum atomic E-state index is 13.0. The molecule has 1 saturated heterocycles. The molecule has 0 spiro atoms. The Hall–Kier alpha value is -3.93. The number of carbonyl (C=O) groups is 2. The second kappa shape index (κ2) is 8.21. The van der Waals surface area contributed by atoms with Crippen molar-refractivity contribution >= 4 is 17.4 Å². The molecule has 1 aliphatic rings. The summed E-state index contributed by atoms with van der Waals surface area (Å²) in [6.45, 7) is 0.228. The van der Waals surface area contributed by atoms with Gasteiger partial charge in [-0.25, -0.2) is 0 Å². The summed E-state index contributed by atoms with van der Waals surface area (Å²) >= 11 is 0. The quantitative estimate of drug-likeness (QED) is 0.401. The van der Waals surface area contributed by atoms with Gasteiger partial charge in [0.15, 0.2) is 0 Å². The molecule has 3 aromatic rings. The molecule has 6 heteroatoms. The lowest BCUT2D eigenvalue weighted by Gasteiger charge is -2.25. The Morgan fingerprint density at radius 1 is 1.00 bits per heavy atom. The fraction of sp³-hybridized carbons (Fsp3) is 0.125. The molecule has 4 rings (SSSR count). The molecule has 0 radical (unpaired) electrons. The molecule has 1 aromatic heterocycles. The minimum absolute atomic E-state index is 0.0745.